The highest BCUT2D eigenvalue weighted by Gasteiger charge is 2.07. The van der Waals surface area contributed by atoms with Gasteiger partial charge in [0.1, 0.15) is 5.01 Å². The van der Waals surface area contributed by atoms with Crippen LogP contribution in [0.5, 0.6) is 0 Å². The second-order valence-corrected chi connectivity index (χ2v) is 4.01. The van der Waals surface area contributed by atoms with Crippen LogP contribution in [0.2, 0.25) is 0 Å². The number of aromatic nitrogens is 4. The van der Waals surface area contributed by atoms with E-state index in [9.17, 15) is 0 Å². The fraction of sp³-hybridized carbons (Fsp3) is 0.375. The van der Waals surface area contributed by atoms with Crippen molar-refractivity contribution in [3.63, 3.8) is 0 Å². The van der Waals surface area contributed by atoms with E-state index in [0.29, 0.717) is 0 Å². The van der Waals surface area contributed by atoms with Crippen LogP contribution in [0.15, 0.2) is 12.4 Å². The van der Waals surface area contributed by atoms with Crippen molar-refractivity contribution in [3.05, 3.63) is 17.4 Å². The molecule has 0 unspecified atom stereocenters. The van der Waals surface area contributed by atoms with Crippen molar-refractivity contribution in [3.8, 4) is 10.6 Å². The normalized spacial score (nSPS) is 10.7. The number of nitrogens with zero attached hydrogens (tertiary/aromatic N) is 4. The standard InChI is InChI=1S/C8H11N5S/c1-9-5-8-10-4-7(14-8)6-3-11-12-13(6)2/h3-4,9H,5H2,1-2H3. The van der Waals surface area contributed by atoms with Gasteiger partial charge < -0.3 is 5.32 Å². The van der Waals surface area contributed by atoms with Crippen LogP contribution >= 0.6 is 11.3 Å². The van der Waals surface area contributed by atoms with Gasteiger partial charge in [-0.3, -0.25) is 0 Å². The first kappa shape index (κ1) is 9.29. The number of aryl methyl sites for hydroxylation is 1. The Morgan fingerprint density at radius 2 is 2.36 bits per heavy atom. The monoisotopic (exact) mass is 209 g/mol. The number of thiazole rings is 1. The molecule has 14 heavy (non-hydrogen) atoms. The van der Waals surface area contributed by atoms with Crippen molar-refractivity contribution in [1.82, 2.24) is 25.3 Å². The maximum absolute atomic E-state index is 4.29. The summed E-state index contributed by atoms with van der Waals surface area (Å²) < 4.78 is 1.75. The summed E-state index contributed by atoms with van der Waals surface area (Å²) in [6, 6.07) is 0. The molecule has 0 fully saturated rings. The quantitative estimate of drug-likeness (QED) is 0.806. The highest BCUT2D eigenvalue weighted by Crippen LogP contribution is 2.24. The zero-order valence-corrected chi connectivity index (χ0v) is 8.88. The van der Waals surface area contributed by atoms with Crippen LogP contribution in [0.3, 0.4) is 0 Å². The van der Waals surface area contributed by atoms with Crippen molar-refractivity contribution >= 4 is 11.3 Å². The Morgan fingerprint density at radius 3 is 3.00 bits per heavy atom. The Hall–Kier alpha value is -1.27. The zero-order valence-electron chi connectivity index (χ0n) is 8.06. The molecule has 74 valence electrons. The first-order valence-electron chi connectivity index (χ1n) is 4.25. The van der Waals surface area contributed by atoms with Gasteiger partial charge in [-0.25, -0.2) is 9.67 Å². The summed E-state index contributed by atoms with van der Waals surface area (Å²) in [4.78, 5) is 5.39. The van der Waals surface area contributed by atoms with Crippen LogP contribution in [0.25, 0.3) is 10.6 Å². The fourth-order valence-electron chi connectivity index (χ4n) is 1.17. The van der Waals surface area contributed by atoms with E-state index < -0.39 is 0 Å². The number of rotatable bonds is 3. The molecule has 0 saturated carbocycles. The van der Waals surface area contributed by atoms with Crippen LogP contribution in [0.4, 0.5) is 0 Å². The maximum atomic E-state index is 4.29. The Kier molecular flexibility index (Phi) is 2.55. The van der Waals surface area contributed by atoms with Crippen molar-refractivity contribution in [2.75, 3.05) is 7.05 Å². The van der Waals surface area contributed by atoms with E-state index in [-0.39, 0.29) is 0 Å². The van der Waals surface area contributed by atoms with Gasteiger partial charge in [0.2, 0.25) is 0 Å². The first-order valence-corrected chi connectivity index (χ1v) is 5.07. The largest absolute Gasteiger partial charge is 0.314 e. The van der Waals surface area contributed by atoms with Gasteiger partial charge >= 0.3 is 0 Å². The highest BCUT2D eigenvalue weighted by molar-refractivity contribution is 7.15. The van der Waals surface area contributed by atoms with Gasteiger partial charge in [-0.1, -0.05) is 5.21 Å². The van der Waals surface area contributed by atoms with Crippen LogP contribution in [0, 0.1) is 0 Å². The molecule has 2 rings (SSSR count). The molecule has 0 amide bonds. The molecule has 0 atom stereocenters. The van der Waals surface area contributed by atoms with Crippen LogP contribution in [-0.2, 0) is 13.6 Å². The molecule has 0 bridgehead atoms. The third-order valence-corrected chi connectivity index (χ3v) is 2.87. The van der Waals surface area contributed by atoms with E-state index in [4.69, 9.17) is 0 Å². The highest BCUT2D eigenvalue weighted by atomic mass is 32.1. The molecule has 0 spiro atoms. The predicted octanol–water partition coefficient (Wildman–Crippen LogP) is 0.658. The summed E-state index contributed by atoms with van der Waals surface area (Å²) in [5.74, 6) is 0. The Morgan fingerprint density at radius 1 is 1.50 bits per heavy atom. The van der Waals surface area contributed by atoms with Crippen molar-refractivity contribution in [1.29, 1.82) is 0 Å². The van der Waals surface area contributed by atoms with E-state index in [0.717, 1.165) is 22.1 Å². The lowest BCUT2D eigenvalue weighted by atomic mass is 10.4. The summed E-state index contributed by atoms with van der Waals surface area (Å²) in [5, 5.41) is 11.8. The minimum atomic E-state index is 0.802. The molecule has 1 N–H and O–H groups in total. The molecule has 0 aliphatic heterocycles. The summed E-state index contributed by atoms with van der Waals surface area (Å²) in [6.45, 7) is 0.802. The summed E-state index contributed by atoms with van der Waals surface area (Å²) in [7, 11) is 3.78. The first-order chi connectivity index (χ1) is 6.81. The Bertz CT molecular complexity index is 419. The Balaban J connectivity index is 2.29. The molecular weight excluding hydrogens is 198 g/mol. The predicted molar refractivity (Wildman–Crippen MR) is 54.9 cm³/mol. The molecular formula is C8H11N5S. The van der Waals surface area contributed by atoms with E-state index >= 15 is 0 Å². The molecule has 0 aromatic carbocycles. The average Bonchev–Trinajstić information content (AvgIpc) is 2.74. The second kappa shape index (κ2) is 3.85. The van der Waals surface area contributed by atoms with E-state index in [1.807, 2.05) is 20.3 Å². The lowest BCUT2D eigenvalue weighted by Gasteiger charge is -1.93. The van der Waals surface area contributed by atoms with Gasteiger partial charge in [-0.2, -0.15) is 0 Å². The van der Waals surface area contributed by atoms with Gasteiger partial charge in [0.25, 0.3) is 0 Å². The molecule has 5 nitrogen and oxygen atoms in total. The molecule has 6 heteroatoms. The molecule has 2 aromatic rings. The number of hydrogen-bond acceptors (Lipinski definition) is 5. The molecule has 0 aliphatic carbocycles. The SMILES string of the molecule is CNCc1ncc(-c2cnnn2C)s1. The average molecular weight is 209 g/mol. The molecule has 2 heterocycles. The van der Waals surface area contributed by atoms with Gasteiger partial charge in [-0.05, 0) is 7.05 Å². The van der Waals surface area contributed by atoms with Crippen molar-refractivity contribution in [2.24, 2.45) is 7.05 Å². The zero-order chi connectivity index (χ0) is 9.97. The third-order valence-electron chi connectivity index (χ3n) is 1.85. The third kappa shape index (κ3) is 1.66. The smallest absolute Gasteiger partial charge is 0.107 e. The van der Waals surface area contributed by atoms with Gasteiger partial charge in [0.15, 0.2) is 0 Å². The number of hydrogen-bond donors (Lipinski definition) is 1. The lowest BCUT2D eigenvalue weighted by molar-refractivity contribution is 0.721. The van der Waals surface area contributed by atoms with Crippen molar-refractivity contribution in [2.45, 2.75) is 6.54 Å². The van der Waals surface area contributed by atoms with Crippen LogP contribution in [0.1, 0.15) is 5.01 Å². The summed E-state index contributed by atoms with van der Waals surface area (Å²) in [6.07, 6.45) is 3.60. The minimum absolute atomic E-state index is 0.802. The topological polar surface area (TPSA) is 55.6 Å². The minimum Gasteiger partial charge on any atom is -0.314 e. The molecule has 0 aliphatic rings. The Labute approximate surface area is 85.8 Å². The summed E-state index contributed by atoms with van der Waals surface area (Å²) in [5.41, 5.74) is 1.00. The van der Waals surface area contributed by atoms with Crippen LogP contribution in [-0.4, -0.2) is 27.0 Å². The molecule has 0 saturated heterocycles. The lowest BCUT2D eigenvalue weighted by Crippen LogP contribution is -2.03. The molecule has 0 radical (unpaired) electrons. The number of nitrogens with one attached hydrogen (secondary N) is 1. The van der Waals surface area contributed by atoms with Gasteiger partial charge in [0, 0.05) is 19.8 Å². The van der Waals surface area contributed by atoms with Crippen molar-refractivity contribution < 1.29 is 0 Å². The molecule has 2 aromatic heterocycles. The fourth-order valence-corrected chi connectivity index (χ4v) is 2.14. The van der Waals surface area contributed by atoms with E-state index in [1.54, 1.807) is 22.2 Å². The second-order valence-electron chi connectivity index (χ2n) is 2.89. The summed E-state index contributed by atoms with van der Waals surface area (Å²) >= 11 is 1.65. The van der Waals surface area contributed by atoms with E-state index in [2.05, 4.69) is 20.6 Å². The van der Waals surface area contributed by atoms with Crippen LogP contribution < -0.4 is 5.32 Å². The maximum Gasteiger partial charge on any atom is 0.107 e. The van der Waals surface area contributed by atoms with E-state index in [1.165, 1.54) is 0 Å². The van der Waals surface area contributed by atoms with Gasteiger partial charge in [-0.15, -0.1) is 16.4 Å². The van der Waals surface area contributed by atoms with Gasteiger partial charge in [0.05, 0.1) is 16.8 Å².